The number of nitrogens with zero attached hydrogens (tertiary/aromatic N) is 1. The quantitative estimate of drug-likeness (QED) is 0.877. The molecule has 5 heteroatoms. The SMILES string of the molecule is CCC(C)CN(C)C(CN)c1cc(Cl)c2c(c1)OCO2. The molecule has 0 radical (unpaired) electrons. The second kappa shape index (κ2) is 6.66. The maximum Gasteiger partial charge on any atom is 0.231 e. The molecule has 1 aliphatic heterocycles. The Morgan fingerprint density at radius 3 is 2.80 bits per heavy atom. The minimum Gasteiger partial charge on any atom is -0.454 e. The summed E-state index contributed by atoms with van der Waals surface area (Å²) in [6.45, 7) is 6.23. The van der Waals surface area contributed by atoms with E-state index in [0.29, 0.717) is 29.0 Å². The first kappa shape index (κ1) is 15.4. The predicted molar refractivity (Wildman–Crippen MR) is 81.5 cm³/mol. The standard InChI is InChI=1S/C15H23ClN2O2/c1-4-10(2)8-18(3)13(7-17)11-5-12(16)15-14(6-11)19-9-20-15/h5-6,10,13H,4,7-9,17H2,1-3H3. The molecular formula is C15H23ClN2O2. The van der Waals surface area contributed by atoms with E-state index in [-0.39, 0.29) is 12.8 Å². The van der Waals surface area contributed by atoms with Crippen molar-refractivity contribution in [3.63, 3.8) is 0 Å². The molecule has 0 saturated carbocycles. The second-order valence-electron chi connectivity index (χ2n) is 5.44. The molecule has 112 valence electrons. The average Bonchev–Trinajstić information content (AvgIpc) is 2.88. The van der Waals surface area contributed by atoms with Crippen LogP contribution >= 0.6 is 11.6 Å². The number of hydrogen-bond acceptors (Lipinski definition) is 4. The number of ether oxygens (including phenoxy) is 2. The molecular weight excluding hydrogens is 276 g/mol. The number of rotatable bonds is 6. The molecule has 0 aromatic heterocycles. The van der Waals surface area contributed by atoms with Gasteiger partial charge in [-0.15, -0.1) is 0 Å². The van der Waals surface area contributed by atoms with Crippen LogP contribution in [-0.4, -0.2) is 31.8 Å². The highest BCUT2D eigenvalue weighted by atomic mass is 35.5. The number of hydrogen-bond donors (Lipinski definition) is 1. The Hall–Kier alpha value is -0.970. The van der Waals surface area contributed by atoms with Crippen LogP contribution in [0.15, 0.2) is 12.1 Å². The van der Waals surface area contributed by atoms with Gasteiger partial charge in [-0.3, -0.25) is 4.90 Å². The van der Waals surface area contributed by atoms with E-state index in [0.717, 1.165) is 18.5 Å². The van der Waals surface area contributed by atoms with Gasteiger partial charge in [0.2, 0.25) is 6.79 Å². The Morgan fingerprint density at radius 1 is 1.40 bits per heavy atom. The van der Waals surface area contributed by atoms with Gasteiger partial charge in [0.25, 0.3) is 0 Å². The topological polar surface area (TPSA) is 47.7 Å². The van der Waals surface area contributed by atoms with Crippen LogP contribution < -0.4 is 15.2 Å². The number of fused-ring (bicyclic) bond motifs is 1. The van der Waals surface area contributed by atoms with Crippen LogP contribution in [0.25, 0.3) is 0 Å². The summed E-state index contributed by atoms with van der Waals surface area (Å²) < 4.78 is 10.8. The van der Waals surface area contributed by atoms with Crippen molar-refractivity contribution in [2.24, 2.45) is 11.7 Å². The summed E-state index contributed by atoms with van der Waals surface area (Å²) >= 11 is 6.25. The first-order valence-corrected chi connectivity index (χ1v) is 7.44. The van der Waals surface area contributed by atoms with Crippen molar-refractivity contribution in [3.05, 3.63) is 22.7 Å². The second-order valence-corrected chi connectivity index (χ2v) is 5.85. The fourth-order valence-corrected chi connectivity index (χ4v) is 2.77. The van der Waals surface area contributed by atoms with Gasteiger partial charge in [-0.25, -0.2) is 0 Å². The predicted octanol–water partition coefficient (Wildman–Crippen LogP) is 3.05. The monoisotopic (exact) mass is 298 g/mol. The first-order chi connectivity index (χ1) is 9.56. The van der Waals surface area contributed by atoms with Gasteiger partial charge < -0.3 is 15.2 Å². The molecule has 1 aromatic rings. The fourth-order valence-electron chi connectivity index (χ4n) is 2.50. The molecule has 4 nitrogen and oxygen atoms in total. The van der Waals surface area contributed by atoms with Gasteiger partial charge in [0.1, 0.15) is 0 Å². The molecule has 2 N–H and O–H groups in total. The molecule has 2 rings (SSSR count). The van der Waals surface area contributed by atoms with Crippen LogP contribution in [0.4, 0.5) is 0 Å². The van der Waals surface area contributed by atoms with E-state index in [1.807, 2.05) is 12.1 Å². The van der Waals surface area contributed by atoms with Crippen LogP contribution in [0.2, 0.25) is 5.02 Å². The van der Waals surface area contributed by atoms with E-state index in [1.165, 1.54) is 0 Å². The molecule has 0 bridgehead atoms. The zero-order chi connectivity index (χ0) is 14.7. The third-order valence-electron chi connectivity index (χ3n) is 3.89. The summed E-state index contributed by atoms with van der Waals surface area (Å²) in [4.78, 5) is 2.28. The Morgan fingerprint density at radius 2 is 2.15 bits per heavy atom. The van der Waals surface area contributed by atoms with Gasteiger partial charge in [-0.2, -0.15) is 0 Å². The van der Waals surface area contributed by atoms with Crippen LogP contribution in [0, 0.1) is 5.92 Å². The Labute approximate surface area is 125 Å². The van der Waals surface area contributed by atoms with Crippen molar-refractivity contribution in [1.82, 2.24) is 4.90 Å². The van der Waals surface area contributed by atoms with Crippen LogP contribution in [-0.2, 0) is 0 Å². The lowest BCUT2D eigenvalue weighted by atomic mass is 10.0. The molecule has 0 spiro atoms. The largest absolute Gasteiger partial charge is 0.454 e. The Bertz CT molecular complexity index is 467. The first-order valence-electron chi connectivity index (χ1n) is 7.06. The normalized spacial score (nSPS) is 16.5. The zero-order valence-electron chi connectivity index (χ0n) is 12.4. The molecule has 0 aliphatic carbocycles. The van der Waals surface area contributed by atoms with Crippen molar-refractivity contribution < 1.29 is 9.47 Å². The van der Waals surface area contributed by atoms with Gasteiger partial charge in [-0.05, 0) is 30.7 Å². The summed E-state index contributed by atoms with van der Waals surface area (Å²) in [6, 6.07) is 4.05. The van der Waals surface area contributed by atoms with Gasteiger partial charge in [0.05, 0.1) is 5.02 Å². The lowest BCUT2D eigenvalue weighted by Crippen LogP contribution is -2.33. The van der Waals surface area contributed by atoms with E-state index >= 15 is 0 Å². The van der Waals surface area contributed by atoms with Crippen LogP contribution in [0.1, 0.15) is 31.9 Å². The van der Waals surface area contributed by atoms with Crippen molar-refractivity contribution in [2.45, 2.75) is 26.3 Å². The maximum absolute atomic E-state index is 6.25. The van der Waals surface area contributed by atoms with Crippen LogP contribution in [0.3, 0.4) is 0 Å². The Balaban J connectivity index is 2.21. The minimum atomic E-state index is 0.135. The molecule has 1 heterocycles. The maximum atomic E-state index is 6.25. The van der Waals surface area contributed by atoms with Gasteiger partial charge in [-0.1, -0.05) is 31.9 Å². The van der Waals surface area contributed by atoms with Crippen molar-refractivity contribution in [2.75, 3.05) is 26.9 Å². The van der Waals surface area contributed by atoms with Crippen molar-refractivity contribution >= 4 is 11.6 Å². The van der Waals surface area contributed by atoms with Gasteiger partial charge in [0, 0.05) is 19.1 Å². The Kier molecular flexibility index (Phi) is 5.13. The summed E-state index contributed by atoms with van der Waals surface area (Å²) in [7, 11) is 2.10. The number of nitrogens with two attached hydrogens (primary N) is 1. The van der Waals surface area contributed by atoms with Gasteiger partial charge in [0.15, 0.2) is 11.5 Å². The zero-order valence-corrected chi connectivity index (χ0v) is 13.1. The van der Waals surface area contributed by atoms with E-state index in [2.05, 4.69) is 25.8 Å². The molecule has 1 aromatic carbocycles. The van der Waals surface area contributed by atoms with Crippen LogP contribution in [0.5, 0.6) is 11.5 Å². The van der Waals surface area contributed by atoms with Gasteiger partial charge >= 0.3 is 0 Å². The third-order valence-corrected chi connectivity index (χ3v) is 4.17. The summed E-state index contributed by atoms with van der Waals surface area (Å²) in [5.41, 5.74) is 7.04. The van der Waals surface area contributed by atoms with Crippen molar-refractivity contribution in [1.29, 1.82) is 0 Å². The summed E-state index contributed by atoms with van der Waals surface area (Å²) in [5.74, 6) is 1.98. The average molecular weight is 299 g/mol. The number of halogens is 1. The molecule has 2 unspecified atom stereocenters. The molecule has 0 fully saturated rings. The van der Waals surface area contributed by atoms with E-state index in [9.17, 15) is 0 Å². The summed E-state index contributed by atoms with van der Waals surface area (Å²) in [6.07, 6.45) is 1.16. The molecule has 1 aliphatic rings. The highest BCUT2D eigenvalue weighted by Gasteiger charge is 2.23. The van der Waals surface area contributed by atoms with Crippen molar-refractivity contribution in [3.8, 4) is 11.5 Å². The number of likely N-dealkylation sites (N-methyl/N-ethyl adjacent to an activating group) is 1. The van der Waals surface area contributed by atoms with E-state index in [4.69, 9.17) is 26.8 Å². The third kappa shape index (κ3) is 3.19. The molecule has 0 amide bonds. The summed E-state index contributed by atoms with van der Waals surface area (Å²) in [5, 5.41) is 0.588. The van der Waals surface area contributed by atoms with E-state index in [1.54, 1.807) is 0 Å². The molecule has 20 heavy (non-hydrogen) atoms. The lowest BCUT2D eigenvalue weighted by molar-refractivity contribution is 0.173. The fraction of sp³-hybridized carbons (Fsp3) is 0.600. The highest BCUT2D eigenvalue weighted by molar-refractivity contribution is 6.32. The molecule has 0 saturated heterocycles. The lowest BCUT2D eigenvalue weighted by Gasteiger charge is -2.29. The highest BCUT2D eigenvalue weighted by Crippen LogP contribution is 2.41. The molecule has 2 atom stereocenters. The minimum absolute atomic E-state index is 0.135. The van der Waals surface area contributed by atoms with E-state index < -0.39 is 0 Å². The smallest absolute Gasteiger partial charge is 0.231 e. The number of benzene rings is 1.